The van der Waals surface area contributed by atoms with Crippen molar-refractivity contribution >= 4 is 43.7 Å². The van der Waals surface area contributed by atoms with Gasteiger partial charge in [-0.2, -0.15) is 0 Å². The monoisotopic (exact) mass is 478 g/mol. The first-order chi connectivity index (χ1) is 15.9. The Morgan fingerprint density at radius 2 is 1.52 bits per heavy atom. The molecule has 168 valence electrons. The number of halogens is 1. The molecule has 0 aliphatic carbocycles. The quantitative estimate of drug-likeness (QED) is 0.423. The number of nitrogens with zero attached hydrogens (tertiary/aromatic N) is 2. The van der Waals surface area contributed by atoms with Crippen LogP contribution in [0.1, 0.15) is 5.56 Å². The summed E-state index contributed by atoms with van der Waals surface area (Å²) < 4.78 is 27.5. The molecule has 0 atom stereocenters. The number of benzene rings is 3. The second kappa shape index (κ2) is 8.69. The highest BCUT2D eigenvalue weighted by Gasteiger charge is 2.31. The third-order valence-electron chi connectivity index (χ3n) is 6.17. The van der Waals surface area contributed by atoms with Gasteiger partial charge in [-0.3, -0.25) is 0 Å². The van der Waals surface area contributed by atoms with Crippen LogP contribution in [-0.4, -0.2) is 34.6 Å². The fraction of sp³-hybridized carbons (Fsp3) is 0.192. The number of aromatic nitrogens is 1. The van der Waals surface area contributed by atoms with Crippen molar-refractivity contribution in [2.24, 2.45) is 0 Å². The average molecular weight is 479 g/mol. The number of hydrogen-bond donors (Lipinski definition) is 0. The van der Waals surface area contributed by atoms with E-state index in [0.717, 1.165) is 29.6 Å². The fourth-order valence-corrected chi connectivity index (χ4v) is 6.01. The zero-order valence-electron chi connectivity index (χ0n) is 18.3. The lowest BCUT2D eigenvalue weighted by Crippen LogP contribution is -2.47. The first kappa shape index (κ1) is 21.7. The second-order valence-electron chi connectivity index (χ2n) is 8.32. The smallest absolute Gasteiger partial charge is 0.214 e. The predicted octanol–water partition coefficient (Wildman–Crippen LogP) is 4.78. The van der Waals surface area contributed by atoms with Crippen LogP contribution in [-0.2, 0) is 9.84 Å². The maximum absolute atomic E-state index is 13.7. The number of para-hydroxylation sites is 1. The van der Waals surface area contributed by atoms with Gasteiger partial charge in [0.1, 0.15) is 0 Å². The number of aryl methyl sites for hydroxylation is 1. The maximum atomic E-state index is 13.7. The Morgan fingerprint density at radius 3 is 2.21 bits per heavy atom. The van der Waals surface area contributed by atoms with E-state index in [2.05, 4.69) is 26.9 Å². The van der Waals surface area contributed by atoms with Crippen molar-refractivity contribution in [3.63, 3.8) is 0 Å². The zero-order chi connectivity index (χ0) is 23.0. The topological polar surface area (TPSA) is 54.8 Å². The molecule has 7 heteroatoms. The lowest BCUT2D eigenvalue weighted by molar-refractivity contribution is -0.347. The number of hydrogen-bond acceptors (Lipinski definition) is 4. The van der Waals surface area contributed by atoms with Crippen LogP contribution < -0.4 is 14.8 Å². The standard InChI is InChI=1S/C26H24ClN3O2S/c1-19-7-10-22(11-8-19)33(31,32)25-18-28-24-12-9-20(27)17-23(24)26(25)30-15-13-29(14-16-30)21-5-3-2-4-6-21/h2-12,17-18H,13-16H2,1H3/p+1. The van der Waals surface area contributed by atoms with Crippen LogP contribution in [0.4, 0.5) is 11.4 Å². The molecule has 1 N–H and O–H groups in total. The Kier molecular flexibility index (Phi) is 5.72. The lowest BCUT2D eigenvalue weighted by atomic mass is 10.1. The molecule has 1 aliphatic rings. The number of sulfone groups is 1. The van der Waals surface area contributed by atoms with E-state index in [1.54, 1.807) is 18.3 Å². The molecule has 2 heterocycles. The molecule has 4 aromatic rings. The van der Waals surface area contributed by atoms with Crippen LogP contribution in [0, 0.1) is 6.92 Å². The van der Waals surface area contributed by atoms with Gasteiger partial charge >= 0.3 is 0 Å². The normalized spacial score (nSPS) is 14.6. The van der Waals surface area contributed by atoms with Crippen LogP contribution in [0.2, 0.25) is 5.02 Å². The van der Waals surface area contributed by atoms with E-state index < -0.39 is 9.84 Å². The summed E-state index contributed by atoms with van der Waals surface area (Å²) in [4.78, 5) is 8.23. The van der Waals surface area contributed by atoms with Gasteiger partial charge < -0.3 is 9.80 Å². The summed E-state index contributed by atoms with van der Waals surface area (Å²) in [5, 5.41) is 1.38. The summed E-state index contributed by atoms with van der Waals surface area (Å²) in [5.74, 6) is 0. The minimum atomic E-state index is -3.74. The van der Waals surface area contributed by atoms with E-state index in [1.165, 1.54) is 5.69 Å². The van der Waals surface area contributed by atoms with Gasteiger partial charge in [-0.25, -0.2) is 13.4 Å². The lowest BCUT2D eigenvalue weighted by Gasteiger charge is -2.38. The van der Waals surface area contributed by atoms with Gasteiger partial charge in [-0.15, -0.1) is 0 Å². The predicted molar refractivity (Wildman–Crippen MR) is 133 cm³/mol. The zero-order valence-corrected chi connectivity index (χ0v) is 19.9. The molecule has 1 saturated heterocycles. The van der Waals surface area contributed by atoms with Crippen molar-refractivity contribution < 1.29 is 13.4 Å². The summed E-state index contributed by atoms with van der Waals surface area (Å²) in [6, 6.07) is 22.8. The van der Waals surface area contributed by atoms with Crippen LogP contribution in [0.3, 0.4) is 0 Å². The van der Waals surface area contributed by atoms with E-state index in [4.69, 9.17) is 11.6 Å². The Hall–Kier alpha value is -3.09. The number of H-pyrrole nitrogens is 1. The van der Waals surface area contributed by atoms with Crippen molar-refractivity contribution in [1.82, 2.24) is 0 Å². The number of rotatable bonds is 4. The maximum Gasteiger partial charge on any atom is 0.214 e. The summed E-state index contributed by atoms with van der Waals surface area (Å²) in [6.45, 7) is 4.96. The molecule has 1 aliphatic heterocycles. The van der Waals surface area contributed by atoms with Crippen molar-refractivity contribution in [3.8, 4) is 0 Å². The van der Waals surface area contributed by atoms with Gasteiger partial charge in [0.15, 0.2) is 11.1 Å². The van der Waals surface area contributed by atoms with E-state index in [1.807, 2.05) is 55.5 Å². The Morgan fingerprint density at radius 1 is 0.848 bits per heavy atom. The molecule has 1 aromatic heterocycles. The SMILES string of the molecule is Cc1ccc(S(=O)(=O)c2c[nH+]c3ccc(Cl)cc3c2N2CCN(c3ccccc3)CC2)cc1. The Bertz CT molecular complexity index is 1400. The second-order valence-corrected chi connectivity index (χ2v) is 10.7. The number of anilines is 2. The number of nitrogens with one attached hydrogen (secondary N) is 1. The van der Waals surface area contributed by atoms with Gasteiger partial charge in [0.25, 0.3) is 0 Å². The van der Waals surface area contributed by atoms with E-state index in [-0.39, 0.29) is 9.79 Å². The molecule has 33 heavy (non-hydrogen) atoms. The number of aromatic amines is 1. The molecule has 5 rings (SSSR count). The minimum absolute atomic E-state index is 0.272. The highest BCUT2D eigenvalue weighted by atomic mass is 35.5. The highest BCUT2D eigenvalue weighted by molar-refractivity contribution is 7.91. The van der Waals surface area contributed by atoms with Crippen LogP contribution in [0.15, 0.2) is 88.8 Å². The minimum Gasteiger partial charge on any atom is -0.368 e. The molecule has 5 nitrogen and oxygen atoms in total. The summed E-state index contributed by atoms with van der Waals surface area (Å²) in [7, 11) is -3.74. The fourth-order valence-electron chi connectivity index (χ4n) is 4.39. The third-order valence-corrected chi connectivity index (χ3v) is 8.19. The third kappa shape index (κ3) is 4.16. The van der Waals surface area contributed by atoms with Crippen molar-refractivity contribution in [2.75, 3.05) is 36.0 Å². The Labute approximate surface area is 199 Å². The van der Waals surface area contributed by atoms with Crippen molar-refractivity contribution in [1.29, 1.82) is 0 Å². The van der Waals surface area contributed by atoms with Crippen LogP contribution >= 0.6 is 11.6 Å². The van der Waals surface area contributed by atoms with Crippen LogP contribution in [0.5, 0.6) is 0 Å². The van der Waals surface area contributed by atoms with Crippen molar-refractivity contribution in [3.05, 3.63) is 89.6 Å². The van der Waals surface area contributed by atoms with E-state index in [0.29, 0.717) is 23.8 Å². The number of pyridine rings is 1. The Balaban J connectivity index is 1.60. The van der Waals surface area contributed by atoms with Gasteiger partial charge in [0.05, 0.1) is 16.0 Å². The summed E-state index contributed by atoms with van der Waals surface area (Å²) >= 11 is 6.34. The van der Waals surface area contributed by atoms with Gasteiger partial charge in [0, 0.05) is 43.0 Å². The average Bonchev–Trinajstić information content (AvgIpc) is 2.84. The highest BCUT2D eigenvalue weighted by Crippen LogP contribution is 2.36. The number of fused-ring (bicyclic) bond motifs is 1. The number of piperazine rings is 1. The van der Waals surface area contributed by atoms with Crippen molar-refractivity contribution in [2.45, 2.75) is 16.7 Å². The van der Waals surface area contributed by atoms with E-state index in [9.17, 15) is 8.42 Å². The first-order valence-corrected chi connectivity index (χ1v) is 12.8. The first-order valence-electron chi connectivity index (χ1n) is 10.9. The molecule has 3 aromatic carbocycles. The summed E-state index contributed by atoms with van der Waals surface area (Å²) in [6.07, 6.45) is 1.62. The van der Waals surface area contributed by atoms with Gasteiger partial charge in [0.2, 0.25) is 15.4 Å². The molecule has 0 unspecified atom stereocenters. The largest absolute Gasteiger partial charge is 0.368 e. The molecule has 0 saturated carbocycles. The molecule has 0 bridgehead atoms. The molecule has 0 spiro atoms. The summed E-state index contributed by atoms with van der Waals surface area (Å²) in [5.41, 5.74) is 3.75. The van der Waals surface area contributed by atoms with E-state index >= 15 is 0 Å². The molecular formula is C26H25ClN3O2S+. The van der Waals surface area contributed by atoms with Gasteiger partial charge in [-0.05, 0) is 43.3 Å². The van der Waals surface area contributed by atoms with Crippen LogP contribution in [0.25, 0.3) is 10.9 Å². The molecule has 1 fully saturated rings. The molecular weight excluding hydrogens is 454 g/mol. The molecule has 0 radical (unpaired) electrons. The molecule has 0 amide bonds. The van der Waals surface area contributed by atoms with Gasteiger partial charge in [-0.1, -0.05) is 47.5 Å².